The Bertz CT molecular complexity index is 139. The van der Waals surface area contributed by atoms with Crippen molar-refractivity contribution in [3.8, 4) is 0 Å². The average Bonchev–Trinajstić information content (AvgIpc) is 2.34. The van der Waals surface area contributed by atoms with Crippen molar-refractivity contribution in [3.05, 3.63) is 0 Å². The maximum atomic E-state index is 2.46. The molecule has 2 aliphatic rings. The molecule has 0 N–H and O–H groups in total. The van der Waals surface area contributed by atoms with Gasteiger partial charge in [0, 0.05) is 0 Å². The first-order valence-corrected chi connectivity index (χ1v) is 5.29. The highest BCUT2D eigenvalue weighted by molar-refractivity contribution is 4.88. The molecule has 0 heterocycles. The number of hydrogen-bond acceptors (Lipinski definition) is 0. The Labute approximate surface area is 70.4 Å². The molecule has 64 valence electrons. The van der Waals surface area contributed by atoms with Gasteiger partial charge >= 0.3 is 0 Å². The van der Waals surface area contributed by atoms with E-state index in [-0.39, 0.29) is 0 Å². The van der Waals surface area contributed by atoms with E-state index in [4.69, 9.17) is 0 Å². The predicted octanol–water partition coefficient (Wildman–Crippen LogP) is 3.47. The summed E-state index contributed by atoms with van der Waals surface area (Å²) in [5.74, 6) is 4.33. The molecule has 4 atom stereocenters. The molecule has 0 aromatic carbocycles. The molecule has 2 aliphatic carbocycles. The van der Waals surface area contributed by atoms with E-state index in [1.165, 1.54) is 32.1 Å². The quantitative estimate of drug-likeness (QED) is 0.539. The maximum Gasteiger partial charge on any atom is -0.0357 e. The van der Waals surface area contributed by atoms with Crippen LogP contribution in [0, 0.1) is 23.7 Å². The van der Waals surface area contributed by atoms with Crippen LogP contribution in [0.25, 0.3) is 0 Å². The van der Waals surface area contributed by atoms with Crippen LogP contribution in [-0.2, 0) is 0 Å². The minimum atomic E-state index is 1.04. The molecule has 3 unspecified atom stereocenters. The normalized spacial score (nSPS) is 50.7. The molecule has 2 saturated carbocycles. The molecule has 0 saturated heterocycles. The van der Waals surface area contributed by atoms with E-state index in [9.17, 15) is 0 Å². The first-order valence-electron chi connectivity index (χ1n) is 5.29. The lowest BCUT2D eigenvalue weighted by Gasteiger charge is -2.40. The molecule has 0 aromatic heterocycles. The van der Waals surface area contributed by atoms with Crippen LogP contribution in [0.3, 0.4) is 0 Å². The SMILES string of the molecule is CC1CCC1C1CCC[C@H]1C. The van der Waals surface area contributed by atoms with Gasteiger partial charge < -0.3 is 0 Å². The van der Waals surface area contributed by atoms with Gasteiger partial charge in [0.05, 0.1) is 0 Å². The van der Waals surface area contributed by atoms with E-state index in [0.717, 1.165) is 23.7 Å². The van der Waals surface area contributed by atoms with Crippen LogP contribution < -0.4 is 0 Å². The summed E-state index contributed by atoms with van der Waals surface area (Å²) in [6, 6.07) is 0. The Hall–Kier alpha value is 0. The van der Waals surface area contributed by atoms with Gasteiger partial charge in [-0.3, -0.25) is 0 Å². The number of hydrogen-bond donors (Lipinski definition) is 0. The molecule has 0 aromatic rings. The fraction of sp³-hybridized carbons (Fsp3) is 1.00. The van der Waals surface area contributed by atoms with Crippen LogP contribution in [-0.4, -0.2) is 0 Å². The molecule has 0 nitrogen and oxygen atoms in total. The summed E-state index contributed by atoms with van der Waals surface area (Å²) in [6.07, 6.45) is 7.60. The Balaban J connectivity index is 1.93. The van der Waals surface area contributed by atoms with Gasteiger partial charge in [0.25, 0.3) is 0 Å². The van der Waals surface area contributed by atoms with E-state index in [2.05, 4.69) is 13.8 Å². The van der Waals surface area contributed by atoms with Gasteiger partial charge in [-0.15, -0.1) is 0 Å². The second-order valence-electron chi connectivity index (χ2n) is 4.79. The molecule has 2 fully saturated rings. The highest BCUT2D eigenvalue weighted by Crippen LogP contribution is 2.48. The fourth-order valence-electron chi connectivity index (χ4n) is 3.14. The van der Waals surface area contributed by atoms with Crippen molar-refractivity contribution < 1.29 is 0 Å². The smallest absolute Gasteiger partial charge is 0.0357 e. The van der Waals surface area contributed by atoms with Gasteiger partial charge in [-0.25, -0.2) is 0 Å². The summed E-state index contributed by atoms with van der Waals surface area (Å²) < 4.78 is 0. The lowest BCUT2D eigenvalue weighted by molar-refractivity contribution is 0.0979. The summed E-state index contributed by atoms with van der Waals surface area (Å²) in [6.45, 7) is 4.90. The molecule has 0 heteroatoms. The molecule has 2 rings (SSSR count). The van der Waals surface area contributed by atoms with Gasteiger partial charge in [-0.2, -0.15) is 0 Å². The monoisotopic (exact) mass is 152 g/mol. The summed E-state index contributed by atoms with van der Waals surface area (Å²) in [4.78, 5) is 0. The van der Waals surface area contributed by atoms with Crippen LogP contribution in [0.15, 0.2) is 0 Å². The maximum absolute atomic E-state index is 2.46. The van der Waals surface area contributed by atoms with Crippen LogP contribution in [0.1, 0.15) is 46.0 Å². The van der Waals surface area contributed by atoms with Gasteiger partial charge in [0.2, 0.25) is 0 Å². The van der Waals surface area contributed by atoms with Gasteiger partial charge in [-0.1, -0.05) is 33.1 Å². The molecule has 0 bridgehead atoms. The van der Waals surface area contributed by atoms with Crippen molar-refractivity contribution in [2.75, 3.05) is 0 Å². The van der Waals surface area contributed by atoms with Crippen molar-refractivity contribution in [2.24, 2.45) is 23.7 Å². The van der Waals surface area contributed by atoms with Crippen molar-refractivity contribution >= 4 is 0 Å². The van der Waals surface area contributed by atoms with Crippen LogP contribution in [0.5, 0.6) is 0 Å². The highest BCUT2D eigenvalue weighted by Gasteiger charge is 2.38. The molecule has 0 spiro atoms. The summed E-state index contributed by atoms with van der Waals surface area (Å²) >= 11 is 0. The highest BCUT2D eigenvalue weighted by atomic mass is 14.4. The van der Waals surface area contributed by atoms with Crippen LogP contribution in [0.4, 0.5) is 0 Å². The Kier molecular flexibility index (Phi) is 1.95. The summed E-state index contributed by atoms with van der Waals surface area (Å²) in [5.41, 5.74) is 0. The second kappa shape index (κ2) is 2.80. The van der Waals surface area contributed by atoms with Crippen LogP contribution in [0.2, 0.25) is 0 Å². The fourth-order valence-corrected chi connectivity index (χ4v) is 3.14. The lowest BCUT2D eigenvalue weighted by Crippen LogP contribution is -2.31. The molecule has 11 heavy (non-hydrogen) atoms. The molecule has 0 amide bonds. The lowest BCUT2D eigenvalue weighted by atomic mass is 9.65. The Morgan fingerprint density at radius 1 is 0.727 bits per heavy atom. The standard InChI is InChI=1S/C11H20/c1-8-4-3-5-10(8)11-7-6-9(11)2/h8-11H,3-7H2,1-2H3/t8-,9?,10?,11?/m1/s1. The van der Waals surface area contributed by atoms with E-state index < -0.39 is 0 Å². The van der Waals surface area contributed by atoms with Gasteiger partial charge in [-0.05, 0) is 36.5 Å². The zero-order valence-corrected chi connectivity index (χ0v) is 7.84. The third-order valence-corrected chi connectivity index (χ3v) is 4.16. The van der Waals surface area contributed by atoms with Crippen LogP contribution >= 0.6 is 0 Å². The third kappa shape index (κ3) is 1.21. The summed E-state index contributed by atoms with van der Waals surface area (Å²) in [5, 5.41) is 0. The third-order valence-electron chi connectivity index (χ3n) is 4.16. The first kappa shape index (κ1) is 7.64. The van der Waals surface area contributed by atoms with Crippen molar-refractivity contribution in [2.45, 2.75) is 46.0 Å². The minimum absolute atomic E-state index is 1.04. The Morgan fingerprint density at radius 3 is 1.73 bits per heavy atom. The summed E-state index contributed by atoms with van der Waals surface area (Å²) in [7, 11) is 0. The Morgan fingerprint density at radius 2 is 1.36 bits per heavy atom. The van der Waals surface area contributed by atoms with E-state index in [1.807, 2.05) is 0 Å². The average molecular weight is 152 g/mol. The van der Waals surface area contributed by atoms with E-state index in [1.54, 1.807) is 0 Å². The van der Waals surface area contributed by atoms with Crippen molar-refractivity contribution in [3.63, 3.8) is 0 Å². The zero-order chi connectivity index (χ0) is 7.84. The molecular formula is C11H20. The van der Waals surface area contributed by atoms with Gasteiger partial charge in [0.1, 0.15) is 0 Å². The molecule has 0 aliphatic heterocycles. The largest absolute Gasteiger partial charge is 0.0622 e. The molecular weight excluding hydrogens is 132 g/mol. The van der Waals surface area contributed by atoms with E-state index >= 15 is 0 Å². The first-order chi connectivity index (χ1) is 5.29. The van der Waals surface area contributed by atoms with Gasteiger partial charge in [0.15, 0.2) is 0 Å². The minimum Gasteiger partial charge on any atom is -0.0622 e. The zero-order valence-electron chi connectivity index (χ0n) is 7.84. The molecule has 0 radical (unpaired) electrons. The predicted molar refractivity (Wildman–Crippen MR) is 48.4 cm³/mol. The van der Waals surface area contributed by atoms with Crippen molar-refractivity contribution in [1.82, 2.24) is 0 Å². The van der Waals surface area contributed by atoms with E-state index in [0.29, 0.717) is 0 Å². The van der Waals surface area contributed by atoms with Crippen molar-refractivity contribution in [1.29, 1.82) is 0 Å². The second-order valence-corrected chi connectivity index (χ2v) is 4.79. The number of rotatable bonds is 1. The topological polar surface area (TPSA) is 0 Å².